The van der Waals surface area contributed by atoms with Crippen molar-refractivity contribution in [2.24, 2.45) is 16.3 Å². The molecule has 0 amide bonds. The van der Waals surface area contributed by atoms with E-state index in [-0.39, 0.29) is 0 Å². The normalized spacial score (nSPS) is 24.3. The van der Waals surface area contributed by atoms with E-state index >= 15 is 0 Å². The molecule has 1 aliphatic heterocycles. The average molecular weight is 280 g/mol. The van der Waals surface area contributed by atoms with Gasteiger partial charge in [0.05, 0.1) is 6.54 Å². The maximum absolute atomic E-state index is 4.93. The Morgan fingerprint density at radius 2 is 2.10 bits per heavy atom. The second-order valence-electron chi connectivity index (χ2n) is 7.40. The Balaban J connectivity index is 1.98. The summed E-state index contributed by atoms with van der Waals surface area (Å²) in [7, 11) is 4.37. The van der Waals surface area contributed by atoms with Crippen LogP contribution in [0.3, 0.4) is 0 Å². The Hall–Kier alpha value is -0.770. The molecule has 0 aromatic rings. The summed E-state index contributed by atoms with van der Waals surface area (Å²) in [6.07, 6.45) is 4.02. The summed E-state index contributed by atoms with van der Waals surface area (Å²) in [5.41, 5.74) is 0.424. The van der Waals surface area contributed by atoms with E-state index in [0.717, 1.165) is 38.1 Å². The molecule has 1 N–H and O–H groups in total. The number of nitrogens with one attached hydrogen (secondary N) is 1. The van der Waals surface area contributed by atoms with E-state index in [1.54, 1.807) is 0 Å². The molecule has 0 spiro atoms. The second-order valence-corrected chi connectivity index (χ2v) is 7.40. The van der Waals surface area contributed by atoms with Gasteiger partial charge in [0.1, 0.15) is 0 Å². The first-order chi connectivity index (χ1) is 9.43. The number of nitrogens with zero attached hydrogens (tertiary/aromatic N) is 3. The number of likely N-dealkylation sites (N-methyl/N-ethyl adjacent to an activating group) is 1. The van der Waals surface area contributed by atoms with Gasteiger partial charge in [-0.3, -0.25) is 4.99 Å². The molecule has 4 heteroatoms. The second kappa shape index (κ2) is 6.33. The number of guanidine groups is 1. The van der Waals surface area contributed by atoms with Gasteiger partial charge in [0.2, 0.25) is 0 Å². The summed E-state index contributed by atoms with van der Waals surface area (Å²) in [5, 5.41) is 3.47. The summed E-state index contributed by atoms with van der Waals surface area (Å²) < 4.78 is 0. The van der Waals surface area contributed by atoms with Crippen LogP contribution in [0.1, 0.15) is 40.0 Å². The summed E-state index contributed by atoms with van der Waals surface area (Å²) >= 11 is 0. The van der Waals surface area contributed by atoms with Crippen LogP contribution in [0.15, 0.2) is 4.99 Å². The van der Waals surface area contributed by atoms with Crippen LogP contribution >= 0.6 is 0 Å². The SMILES string of the molecule is CCNC(=NCC(C1CC1)N(C)C)N1CCC(C)(C)C1. The van der Waals surface area contributed by atoms with E-state index in [0.29, 0.717) is 11.5 Å². The smallest absolute Gasteiger partial charge is 0.193 e. The van der Waals surface area contributed by atoms with Gasteiger partial charge < -0.3 is 15.1 Å². The molecular weight excluding hydrogens is 248 g/mol. The molecule has 1 heterocycles. The minimum absolute atomic E-state index is 0.424. The summed E-state index contributed by atoms with van der Waals surface area (Å²) in [6.45, 7) is 11.0. The van der Waals surface area contributed by atoms with Gasteiger partial charge in [-0.25, -0.2) is 0 Å². The minimum atomic E-state index is 0.424. The van der Waals surface area contributed by atoms with Gasteiger partial charge in [-0.05, 0) is 51.6 Å². The Morgan fingerprint density at radius 3 is 2.55 bits per heavy atom. The van der Waals surface area contributed by atoms with Crippen molar-refractivity contribution in [3.63, 3.8) is 0 Å². The minimum Gasteiger partial charge on any atom is -0.357 e. The molecule has 2 rings (SSSR count). The topological polar surface area (TPSA) is 30.9 Å². The monoisotopic (exact) mass is 280 g/mol. The van der Waals surface area contributed by atoms with Crippen molar-refractivity contribution >= 4 is 5.96 Å². The lowest BCUT2D eigenvalue weighted by Gasteiger charge is -2.26. The van der Waals surface area contributed by atoms with E-state index in [1.165, 1.54) is 19.3 Å². The van der Waals surface area contributed by atoms with Crippen LogP contribution in [0.25, 0.3) is 0 Å². The number of likely N-dealkylation sites (tertiary alicyclic amines) is 1. The Morgan fingerprint density at radius 1 is 1.40 bits per heavy atom. The quantitative estimate of drug-likeness (QED) is 0.617. The van der Waals surface area contributed by atoms with Crippen LogP contribution in [0.2, 0.25) is 0 Å². The molecule has 20 heavy (non-hydrogen) atoms. The standard InChI is InChI=1S/C16H32N4/c1-6-17-15(20-10-9-16(2,3)12-20)18-11-14(19(4)5)13-7-8-13/h13-14H,6-12H2,1-5H3,(H,17,18). The third-order valence-corrected chi connectivity index (χ3v) is 4.57. The first-order valence-corrected chi connectivity index (χ1v) is 8.12. The average Bonchev–Trinajstić information content (AvgIpc) is 3.12. The first kappa shape index (κ1) is 15.6. The van der Waals surface area contributed by atoms with Crippen LogP contribution in [-0.2, 0) is 0 Å². The molecular formula is C16H32N4. The van der Waals surface area contributed by atoms with Crippen LogP contribution < -0.4 is 5.32 Å². The number of hydrogen-bond donors (Lipinski definition) is 1. The number of hydrogen-bond acceptors (Lipinski definition) is 2. The zero-order valence-corrected chi connectivity index (χ0v) is 13.9. The highest BCUT2D eigenvalue weighted by Gasteiger charge is 2.34. The molecule has 1 saturated carbocycles. The van der Waals surface area contributed by atoms with Crippen molar-refractivity contribution in [2.75, 3.05) is 40.3 Å². The molecule has 0 bridgehead atoms. The Kier molecular flexibility index (Phi) is 4.95. The Bertz CT molecular complexity index is 342. The number of rotatable bonds is 5. The van der Waals surface area contributed by atoms with Crippen molar-refractivity contribution in [3.05, 3.63) is 0 Å². The summed E-state index contributed by atoms with van der Waals surface area (Å²) in [5.74, 6) is 1.98. The zero-order valence-electron chi connectivity index (χ0n) is 13.9. The van der Waals surface area contributed by atoms with E-state index in [4.69, 9.17) is 4.99 Å². The molecule has 0 aromatic heterocycles. The molecule has 2 fully saturated rings. The van der Waals surface area contributed by atoms with Crippen molar-refractivity contribution < 1.29 is 0 Å². The van der Waals surface area contributed by atoms with Crippen molar-refractivity contribution in [1.82, 2.24) is 15.1 Å². The molecule has 1 aliphatic carbocycles. The number of aliphatic imine (C=N–C) groups is 1. The van der Waals surface area contributed by atoms with E-state index in [2.05, 4.69) is 50.0 Å². The fraction of sp³-hybridized carbons (Fsp3) is 0.938. The third-order valence-electron chi connectivity index (χ3n) is 4.57. The van der Waals surface area contributed by atoms with Crippen molar-refractivity contribution in [2.45, 2.75) is 46.1 Å². The van der Waals surface area contributed by atoms with E-state index in [9.17, 15) is 0 Å². The largest absolute Gasteiger partial charge is 0.357 e. The van der Waals surface area contributed by atoms with Gasteiger partial charge in [-0.15, -0.1) is 0 Å². The van der Waals surface area contributed by atoms with Crippen molar-refractivity contribution in [3.8, 4) is 0 Å². The van der Waals surface area contributed by atoms with E-state index in [1.807, 2.05) is 0 Å². The maximum Gasteiger partial charge on any atom is 0.193 e. The highest BCUT2D eigenvalue weighted by atomic mass is 15.3. The van der Waals surface area contributed by atoms with Crippen LogP contribution in [0.5, 0.6) is 0 Å². The van der Waals surface area contributed by atoms with Gasteiger partial charge in [-0.2, -0.15) is 0 Å². The molecule has 1 saturated heterocycles. The first-order valence-electron chi connectivity index (χ1n) is 8.12. The van der Waals surface area contributed by atoms with Crippen molar-refractivity contribution in [1.29, 1.82) is 0 Å². The molecule has 0 radical (unpaired) electrons. The van der Waals surface area contributed by atoms with Gasteiger partial charge in [0.15, 0.2) is 5.96 Å². The molecule has 1 atom stereocenters. The van der Waals surface area contributed by atoms with Gasteiger partial charge >= 0.3 is 0 Å². The fourth-order valence-electron chi connectivity index (χ4n) is 3.11. The summed E-state index contributed by atoms with van der Waals surface area (Å²) in [6, 6.07) is 0.610. The molecule has 0 aromatic carbocycles. The molecule has 2 aliphatic rings. The Labute approximate surface area is 124 Å². The summed E-state index contributed by atoms with van der Waals surface area (Å²) in [4.78, 5) is 9.71. The van der Waals surface area contributed by atoms with Crippen LogP contribution in [0, 0.1) is 11.3 Å². The fourth-order valence-corrected chi connectivity index (χ4v) is 3.11. The molecule has 1 unspecified atom stereocenters. The highest BCUT2D eigenvalue weighted by molar-refractivity contribution is 5.80. The predicted molar refractivity (Wildman–Crippen MR) is 86.1 cm³/mol. The van der Waals surface area contributed by atoms with Gasteiger partial charge in [0.25, 0.3) is 0 Å². The van der Waals surface area contributed by atoms with Gasteiger partial charge in [-0.1, -0.05) is 13.8 Å². The highest BCUT2D eigenvalue weighted by Crippen LogP contribution is 2.35. The third kappa shape index (κ3) is 4.11. The van der Waals surface area contributed by atoms with E-state index < -0.39 is 0 Å². The van der Waals surface area contributed by atoms with Gasteiger partial charge in [0, 0.05) is 25.7 Å². The molecule has 4 nitrogen and oxygen atoms in total. The predicted octanol–water partition coefficient (Wildman–Crippen LogP) is 2.02. The zero-order chi connectivity index (χ0) is 14.8. The maximum atomic E-state index is 4.93. The lowest BCUT2D eigenvalue weighted by atomic mass is 9.93. The van der Waals surface area contributed by atoms with Crippen LogP contribution in [0.4, 0.5) is 0 Å². The van der Waals surface area contributed by atoms with Crippen LogP contribution in [-0.4, -0.2) is 62.1 Å². The molecule has 116 valence electrons. The lowest BCUT2D eigenvalue weighted by molar-refractivity contribution is 0.270. The lowest BCUT2D eigenvalue weighted by Crippen LogP contribution is -2.42.